The summed E-state index contributed by atoms with van der Waals surface area (Å²) >= 11 is 3.41. The van der Waals surface area contributed by atoms with Gasteiger partial charge in [0.1, 0.15) is 5.60 Å². The number of rotatable bonds is 4. The fourth-order valence-electron chi connectivity index (χ4n) is 0.954. The summed E-state index contributed by atoms with van der Waals surface area (Å²) < 4.78 is 6.17. The zero-order valence-electron chi connectivity index (χ0n) is 11.1. The lowest BCUT2D eigenvalue weighted by molar-refractivity contribution is 0.0536. The minimum absolute atomic E-state index is 0.362. The van der Waals surface area contributed by atoms with Crippen LogP contribution in [0.3, 0.4) is 0 Å². The number of allylic oxidation sites excluding steroid dienone is 1. The van der Waals surface area contributed by atoms with E-state index in [1.807, 2.05) is 33.8 Å². The zero-order valence-corrected chi connectivity index (χ0v) is 12.7. The first-order valence-corrected chi connectivity index (χ1v) is 6.36. The van der Waals surface area contributed by atoms with Crippen LogP contribution in [0, 0.1) is 0 Å². The van der Waals surface area contributed by atoms with Crippen molar-refractivity contribution in [2.45, 2.75) is 39.7 Å². The van der Waals surface area contributed by atoms with Gasteiger partial charge in [-0.25, -0.2) is 4.79 Å². The van der Waals surface area contributed by atoms with E-state index in [4.69, 9.17) is 4.74 Å². The van der Waals surface area contributed by atoms with E-state index in [2.05, 4.69) is 26.2 Å². The molecule has 0 aromatic heterocycles. The molecular formula is C12H21BrN2O2. The smallest absolute Gasteiger partial charge is 0.407 e. The van der Waals surface area contributed by atoms with Gasteiger partial charge in [-0.05, 0) is 37.8 Å². The second-order valence-corrected chi connectivity index (χ2v) is 5.53. The predicted molar refractivity (Wildman–Crippen MR) is 74.9 cm³/mol. The van der Waals surface area contributed by atoms with E-state index in [1.165, 1.54) is 0 Å². The Balaban J connectivity index is 4.23. The molecule has 1 amide bonds. The van der Waals surface area contributed by atoms with Crippen LogP contribution in [0.25, 0.3) is 0 Å². The topological polar surface area (TPSA) is 50.7 Å². The van der Waals surface area contributed by atoms with Gasteiger partial charge in [-0.2, -0.15) is 0 Å². The van der Waals surface area contributed by atoms with Crippen molar-refractivity contribution >= 4 is 27.7 Å². The van der Waals surface area contributed by atoms with E-state index < -0.39 is 11.7 Å². The summed E-state index contributed by atoms with van der Waals surface area (Å²) in [4.78, 5) is 15.5. The Morgan fingerprint density at radius 3 is 2.47 bits per heavy atom. The molecule has 0 rings (SSSR count). The Hall–Kier alpha value is -0.840. The number of ether oxygens (including phenoxy) is 1. The van der Waals surface area contributed by atoms with Gasteiger partial charge in [0.05, 0.1) is 12.3 Å². The van der Waals surface area contributed by atoms with Crippen molar-refractivity contribution < 1.29 is 9.53 Å². The first-order valence-electron chi connectivity index (χ1n) is 5.57. The number of hydrogen-bond donors (Lipinski definition) is 1. The molecule has 0 aliphatic rings. The van der Waals surface area contributed by atoms with Gasteiger partial charge < -0.3 is 10.1 Å². The maximum Gasteiger partial charge on any atom is 0.407 e. The average molecular weight is 305 g/mol. The molecule has 0 bridgehead atoms. The molecule has 5 heteroatoms. The average Bonchev–Trinajstić information content (AvgIpc) is 2.21. The second kappa shape index (κ2) is 7.48. The highest BCUT2D eigenvalue weighted by molar-refractivity contribution is 9.11. The highest BCUT2D eigenvalue weighted by atomic mass is 79.9. The normalized spacial score (nSPS) is 13.5. The van der Waals surface area contributed by atoms with Crippen LogP contribution in [0.4, 0.5) is 4.79 Å². The molecule has 0 fully saturated rings. The summed E-state index contributed by atoms with van der Waals surface area (Å²) in [5.41, 5.74) is 0.317. The van der Waals surface area contributed by atoms with Crippen molar-refractivity contribution in [3.63, 3.8) is 0 Å². The van der Waals surface area contributed by atoms with Gasteiger partial charge in [-0.1, -0.05) is 22.9 Å². The molecule has 0 spiro atoms. The molecule has 98 valence electrons. The molecule has 17 heavy (non-hydrogen) atoms. The van der Waals surface area contributed by atoms with Crippen molar-refractivity contribution in [3.8, 4) is 0 Å². The van der Waals surface area contributed by atoms with Crippen LogP contribution >= 0.6 is 15.9 Å². The van der Waals surface area contributed by atoms with Crippen LogP contribution in [0.5, 0.6) is 0 Å². The van der Waals surface area contributed by atoms with E-state index in [0.29, 0.717) is 6.54 Å². The SMILES string of the molecule is CC/C(Br)=C\C(CNC(=O)OC(C)(C)C)=NC. The Morgan fingerprint density at radius 1 is 1.47 bits per heavy atom. The highest BCUT2D eigenvalue weighted by Crippen LogP contribution is 2.09. The maximum atomic E-state index is 11.4. The molecule has 0 aliphatic heterocycles. The molecule has 0 aromatic carbocycles. The van der Waals surface area contributed by atoms with Crippen LogP contribution in [-0.2, 0) is 4.74 Å². The van der Waals surface area contributed by atoms with Gasteiger partial charge in [0.25, 0.3) is 0 Å². The first kappa shape index (κ1) is 16.2. The van der Waals surface area contributed by atoms with E-state index >= 15 is 0 Å². The van der Waals surface area contributed by atoms with Crippen molar-refractivity contribution in [3.05, 3.63) is 10.6 Å². The van der Waals surface area contributed by atoms with Crippen molar-refractivity contribution in [1.29, 1.82) is 0 Å². The number of nitrogens with zero attached hydrogens (tertiary/aromatic N) is 1. The monoisotopic (exact) mass is 304 g/mol. The molecule has 0 heterocycles. The van der Waals surface area contributed by atoms with Gasteiger partial charge in [0.15, 0.2) is 0 Å². The van der Waals surface area contributed by atoms with Gasteiger partial charge in [0.2, 0.25) is 0 Å². The quantitative estimate of drug-likeness (QED) is 0.810. The number of amides is 1. The fourth-order valence-corrected chi connectivity index (χ4v) is 1.22. The molecule has 0 aliphatic carbocycles. The Bertz CT molecular complexity index is 317. The molecular weight excluding hydrogens is 284 g/mol. The van der Waals surface area contributed by atoms with E-state index in [1.54, 1.807) is 7.05 Å². The molecule has 1 N–H and O–H groups in total. The number of hydrogen-bond acceptors (Lipinski definition) is 3. The summed E-state index contributed by atoms with van der Waals surface area (Å²) in [6.07, 6.45) is 2.36. The predicted octanol–water partition coefficient (Wildman–Crippen LogP) is 3.27. The number of carbonyl (C=O) groups is 1. The highest BCUT2D eigenvalue weighted by Gasteiger charge is 2.15. The Morgan fingerprint density at radius 2 is 2.06 bits per heavy atom. The lowest BCUT2D eigenvalue weighted by Gasteiger charge is -2.19. The number of halogens is 1. The van der Waals surface area contributed by atoms with E-state index in [9.17, 15) is 4.79 Å². The minimum atomic E-state index is -0.479. The Kier molecular flexibility index (Phi) is 7.11. The van der Waals surface area contributed by atoms with E-state index in [0.717, 1.165) is 16.6 Å². The summed E-state index contributed by atoms with van der Waals surface area (Å²) in [5, 5.41) is 2.66. The summed E-state index contributed by atoms with van der Waals surface area (Å²) in [5.74, 6) is 0. The first-order chi connectivity index (χ1) is 7.78. The Labute approximate surface area is 112 Å². The lowest BCUT2D eigenvalue weighted by Crippen LogP contribution is -2.35. The minimum Gasteiger partial charge on any atom is -0.444 e. The third kappa shape index (κ3) is 8.92. The maximum absolute atomic E-state index is 11.4. The van der Waals surface area contributed by atoms with Gasteiger partial charge in [-0.3, -0.25) is 4.99 Å². The number of nitrogens with one attached hydrogen (secondary N) is 1. The number of carbonyl (C=O) groups excluding carboxylic acids is 1. The summed E-state index contributed by atoms with van der Waals surface area (Å²) in [6, 6.07) is 0. The van der Waals surface area contributed by atoms with Crippen LogP contribution < -0.4 is 5.32 Å². The van der Waals surface area contributed by atoms with E-state index in [-0.39, 0.29) is 0 Å². The molecule has 4 nitrogen and oxygen atoms in total. The molecule has 0 saturated carbocycles. The molecule has 0 aromatic rings. The van der Waals surface area contributed by atoms with Gasteiger partial charge >= 0.3 is 6.09 Å². The van der Waals surface area contributed by atoms with Crippen LogP contribution in [0.1, 0.15) is 34.1 Å². The van der Waals surface area contributed by atoms with Crippen molar-refractivity contribution in [2.24, 2.45) is 4.99 Å². The second-order valence-electron chi connectivity index (χ2n) is 4.52. The molecule has 0 saturated heterocycles. The van der Waals surface area contributed by atoms with Crippen molar-refractivity contribution in [1.82, 2.24) is 5.32 Å². The molecule has 0 atom stereocenters. The summed E-state index contributed by atoms with van der Waals surface area (Å²) in [6.45, 7) is 7.88. The van der Waals surface area contributed by atoms with Gasteiger partial charge in [-0.15, -0.1) is 0 Å². The molecule has 0 unspecified atom stereocenters. The molecule has 0 radical (unpaired) electrons. The van der Waals surface area contributed by atoms with Gasteiger partial charge in [0, 0.05) is 7.05 Å². The summed E-state index contributed by atoms with van der Waals surface area (Å²) in [7, 11) is 1.69. The number of aliphatic imine (C=N–C) groups is 1. The van der Waals surface area contributed by atoms with Crippen LogP contribution in [0.15, 0.2) is 15.6 Å². The standard InChI is InChI=1S/C12H21BrN2O2/c1-6-9(13)7-10(14-5)8-15-11(16)17-12(2,3)4/h7H,6,8H2,1-5H3,(H,15,16)/b9-7+,14-10?. The third-order valence-electron chi connectivity index (χ3n) is 1.76. The lowest BCUT2D eigenvalue weighted by atomic mass is 10.2. The fraction of sp³-hybridized carbons (Fsp3) is 0.667. The van der Waals surface area contributed by atoms with Crippen LogP contribution in [-0.4, -0.2) is 31.0 Å². The largest absolute Gasteiger partial charge is 0.444 e. The third-order valence-corrected chi connectivity index (χ3v) is 2.55. The van der Waals surface area contributed by atoms with Crippen molar-refractivity contribution in [2.75, 3.05) is 13.6 Å². The van der Waals surface area contributed by atoms with Crippen LogP contribution in [0.2, 0.25) is 0 Å². The zero-order chi connectivity index (χ0) is 13.5. The number of alkyl carbamates (subject to hydrolysis) is 1.